The predicted molar refractivity (Wildman–Crippen MR) is 97.6 cm³/mol. The van der Waals surface area contributed by atoms with Gasteiger partial charge in [0.05, 0.1) is 17.0 Å². The summed E-state index contributed by atoms with van der Waals surface area (Å²) in [4.78, 5) is 38.4. The molecule has 1 aromatic carbocycles. The van der Waals surface area contributed by atoms with Crippen LogP contribution in [-0.4, -0.2) is 44.8 Å². The summed E-state index contributed by atoms with van der Waals surface area (Å²) >= 11 is 0. The molecule has 0 saturated carbocycles. The van der Waals surface area contributed by atoms with E-state index in [9.17, 15) is 9.59 Å². The smallest absolute Gasteiger partial charge is 0.253 e. The zero-order chi connectivity index (χ0) is 17.9. The largest absolute Gasteiger partial charge is 0.338 e. The highest BCUT2D eigenvalue weighted by atomic mass is 16.2. The normalized spacial score (nSPS) is 17.2. The monoisotopic (exact) mass is 349 g/mol. The van der Waals surface area contributed by atoms with E-state index in [1.165, 1.54) is 0 Å². The molecule has 2 amide bonds. The predicted octanol–water partition coefficient (Wildman–Crippen LogP) is 2.45. The molecule has 0 radical (unpaired) electrons. The standard InChI is InChI=1S/C19H19N5O2/c25-17(23-19-21-15-5-1-2-6-16(15)22-19)14-4-3-11-24(12-14)18(26)13-7-9-20-10-8-13/h1-2,5-10,14H,3-4,11-12H2,(H2,21,22,23,25). The Morgan fingerprint density at radius 2 is 1.96 bits per heavy atom. The molecule has 7 heteroatoms. The Morgan fingerprint density at radius 3 is 2.77 bits per heavy atom. The molecule has 26 heavy (non-hydrogen) atoms. The minimum atomic E-state index is -0.247. The summed E-state index contributed by atoms with van der Waals surface area (Å²) in [6.45, 7) is 1.07. The molecule has 1 saturated heterocycles. The lowest BCUT2D eigenvalue weighted by Crippen LogP contribution is -2.43. The van der Waals surface area contributed by atoms with Crippen molar-refractivity contribution in [3.63, 3.8) is 0 Å². The molecule has 0 aliphatic carbocycles. The number of carbonyl (C=O) groups is 2. The Kier molecular flexibility index (Phi) is 4.35. The maximum Gasteiger partial charge on any atom is 0.253 e. The van der Waals surface area contributed by atoms with Gasteiger partial charge in [-0.3, -0.25) is 19.9 Å². The molecule has 3 aromatic rings. The molecule has 1 fully saturated rings. The Labute approximate surface area is 150 Å². The molecule has 0 spiro atoms. The first kappa shape index (κ1) is 16.3. The van der Waals surface area contributed by atoms with Crippen molar-refractivity contribution in [3.8, 4) is 0 Å². The van der Waals surface area contributed by atoms with Crippen molar-refractivity contribution in [1.82, 2.24) is 19.9 Å². The number of para-hydroxylation sites is 2. The lowest BCUT2D eigenvalue weighted by molar-refractivity contribution is -0.121. The summed E-state index contributed by atoms with van der Waals surface area (Å²) in [6, 6.07) is 11.0. The van der Waals surface area contributed by atoms with Crippen LogP contribution in [0.15, 0.2) is 48.8 Å². The van der Waals surface area contributed by atoms with E-state index < -0.39 is 0 Å². The third kappa shape index (κ3) is 3.28. The lowest BCUT2D eigenvalue weighted by Gasteiger charge is -2.31. The van der Waals surface area contributed by atoms with E-state index in [1.54, 1.807) is 29.4 Å². The average Bonchev–Trinajstić information content (AvgIpc) is 3.10. The van der Waals surface area contributed by atoms with Crippen LogP contribution in [-0.2, 0) is 4.79 Å². The second kappa shape index (κ2) is 6.95. The molecular formula is C19H19N5O2. The number of rotatable bonds is 3. The minimum absolute atomic E-state index is 0.0614. The number of nitrogens with zero attached hydrogens (tertiary/aromatic N) is 3. The van der Waals surface area contributed by atoms with Crippen LogP contribution in [0.5, 0.6) is 0 Å². The Balaban J connectivity index is 1.43. The van der Waals surface area contributed by atoms with Gasteiger partial charge in [-0.05, 0) is 37.1 Å². The van der Waals surface area contributed by atoms with Crippen LogP contribution >= 0.6 is 0 Å². The van der Waals surface area contributed by atoms with E-state index in [4.69, 9.17) is 0 Å². The fourth-order valence-corrected chi connectivity index (χ4v) is 3.28. The number of hydrogen-bond donors (Lipinski definition) is 2. The number of aromatic amines is 1. The summed E-state index contributed by atoms with van der Waals surface area (Å²) in [6.07, 6.45) is 4.76. The van der Waals surface area contributed by atoms with Gasteiger partial charge in [0.15, 0.2) is 0 Å². The SMILES string of the molecule is O=C(Nc1nc2ccccc2[nH]1)C1CCCN(C(=O)c2ccncc2)C1. The summed E-state index contributed by atoms with van der Waals surface area (Å²) < 4.78 is 0. The zero-order valence-corrected chi connectivity index (χ0v) is 14.2. The molecular weight excluding hydrogens is 330 g/mol. The molecule has 0 bridgehead atoms. The summed E-state index contributed by atoms with van der Waals surface area (Å²) in [5, 5.41) is 2.85. The van der Waals surface area contributed by atoms with Gasteiger partial charge in [0.1, 0.15) is 0 Å². The van der Waals surface area contributed by atoms with Gasteiger partial charge in [0, 0.05) is 31.0 Å². The molecule has 1 aliphatic heterocycles. The maximum absolute atomic E-state index is 12.6. The molecule has 1 atom stereocenters. The number of benzene rings is 1. The number of fused-ring (bicyclic) bond motifs is 1. The molecule has 132 valence electrons. The van der Waals surface area contributed by atoms with Crippen LogP contribution in [0.25, 0.3) is 11.0 Å². The van der Waals surface area contributed by atoms with E-state index >= 15 is 0 Å². The van der Waals surface area contributed by atoms with Crippen molar-refractivity contribution in [2.24, 2.45) is 5.92 Å². The van der Waals surface area contributed by atoms with Gasteiger partial charge in [-0.25, -0.2) is 4.98 Å². The van der Waals surface area contributed by atoms with Gasteiger partial charge < -0.3 is 9.88 Å². The van der Waals surface area contributed by atoms with Crippen LogP contribution in [0.2, 0.25) is 0 Å². The fourth-order valence-electron chi connectivity index (χ4n) is 3.28. The Hall–Kier alpha value is -3.22. The van der Waals surface area contributed by atoms with Gasteiger partial charge >= 0.3 is 0 Å². The van der Waals surface area contributed by atoms with E-state index in [1.807, 2.05) is 24.3 Å². The molecule has 4 rings (SSSR count). The molecule has 1 aliphatic rings. The fraction of sp³-hybridized carbons (Fsp3) is 0.263. The number of amides is 2. The summed E-state index contributed by atoms with van der Waals surface area (Å²) in [5.41, 5.74) is 2.28. The van der Waals surface area contributed by atoms with Crippen molar-refractivity contribution in [1.29, 1.82) is 0 Å². The highest BCUT2D eigenvalue weighted by molar-refractivity contribution is 5.96. The van der Waals surface area contributed by atoms with Gasteiger partial charge in [0.2, 0.25) is 11.9 Å². The Morgan fingerprint density at radius 1 is 1.15 bits per heavy atom. The number of H-pyrrole nitrogens is 1. The number of nitrogens with one attached hydrogen (secondary N) is 2. The summed E-state index contributed by atoms with van der Waals surface area (Å²) in [5.74, 6) is 0.0152. The van der Waals surface area contributed by atoms with E-state index in [0.29, 0.717) is 24.6 Å². The highest BCUT2D eigenvalue weighted by Gasteiger charge is 2.29. The number of pyridine rings is 1. The van der Waals surface area contributed by atoms with Crippen LogP contribution in [0.1, 0.15) is 23.2 Å². The number of hydrogen-bond acceptors (Lipinski definition) is 4. The number of likely N-dealkylation sites (tertiary alicyclic amines) is 1. The van der Waals surface area contributed by atoms with Crippen LogP contribution < -0.4 is 5.32 Å². The lowest BCUT2D eigenvalue weighted by atomic mass is 9.96. The van der Waals surface area contributed by atoms with Gasteiger partial charge in [0.25, 0.3) is 5.91 Å². The van der Waals surface area contributed by atoms with Crippen molar-refractivity contribution in [2.75, 3.05) is 18.4 Å². The second-order valence-corrected chi connectivity index (χ2v) is 6.42. The van der Waals surface area contributed by atoms with Crippen LogP contribution in [0, 0.1) is 5.92 Å². The topological polar surface area (TPSA) is 91.0 Å². The highest BCUT2D eigenvalue weighted by Crippen LogP contribution is 2.21. The molecule has 2 N–H and O–H groups in total. The van der Waals surface area contributed by atoms with E-state index in [2.05, 4.69) is 20.3 Å². The van der Waals surface area contributed by atoms with E-state index in [0.717, 1.165) is 23.9 Å². The molecule has 7 nitrogen and oxygen atoms in total. The van der Waals surface area contributed by atoms with Gasteiger partial charge in [-0.1, -0.05) is 12.1 Å². The number of piperidine rings is 1. The van der Waals surface area contributed by atoms with Crippen LogP contribution in [0.3, 0.4) is 0 Å². The van der Waals surface area contributed by atoms with Gasteiger partial charge in [-0.15, -0.1) is 0 Å². The first-order valence-corrected chi connectivity index (χ1v) is 8.65. The molecule has 1 unspecified atom stereocenters. The molecule has 2 aromatic heterocycles. The first-order valence-electron chi connectivity index (χ1n) is 8.65. The van der Waals surface area contributed by atoms with E-state index in [-0.39, 0.29) is 17.7 Å². The summed E-state index contributed by atoms with van der Waals surface area (Å²) in [7, 11) is 0. The number of aromatic nitrogens is 3. The number of anilines is 1. The number of carbonyl (C=O) groups excluding carboxylic acids is 2. The van der Waals surface area contributed by atoms with Crippen LogP contribution in [0.4, 0.5) is 5.95 Å². The third-order valence-electron chi connectivity index (χ3n) is 4.64. The third-order valence-corrected chi connectivity index (χ3v) is 4.64. The quantitative estimate of drug-likeness (QED) is 0.760. The van der Waals surface area contributed by atoms with Crippen molar-refractivity contribution >= 4 is 28.8 Å². The first-order chi connectivity index (χ1) is 12.7. The van der Waals surface area contributed by atoms with Gasteiger partial charge in [-0.2, -0.15) is 0 Å². The number of imidazole rings is 1. The Bertz CT molecular complexity index is 904. The maximum atomic E-state index is 12.6. The minimum Gasteiger partial charge on any atom is -0.338 e. The molecule has 3 heterocycles. The second-order valence-electron chi connectivity index (χ2n) is 6.42. The zero-order valence-electron chi connectivity index (χ0n) is 14.2. The van der Waals surface area contributed by atoms with Crippen molar-refractivity contribution in [3.05, 3.63) is 54.4 Å². The van der Waals surface area contributed by atoms with Crippen molar-refractivity contribution in [2.45, 2.75) is 12.8 Å². The van der Waals surface area contributed by atoms with Crippen molar-refractivity contribution < 1.29 is 9.59 Å². The average molecular weight is 349 g/mol.